The van der Waals surface area contributed by atoms with Crippen molar-refractivity contribution in [3.63, 3.8) is 0 Å². The highest BCUT2D eigenvalue weighted by Crippen LogP contribution is 2.38. The van der Waals surface area contributed by atoms with Crippen LogP contribution in [0, 0.1) is 17.8 Å². The summed E-state index contributed by atoms with van der Waals surface area (Å²) in [5.74, 6) is -6.83. The first-order valence-corrected chi connectivity index (χ1v) is 22.3. The quantitative estimate of drug-likeness (QED) is 0.174. The van der Waals surface area contributed by atoms with Gasteiger partial charge in [0.2, 0.25) is 0 Å². The van der Waals surface area contributed by atoms with Crippen molar-refractivity contribution in [1.82, 2.24) is 0 Å². The van der Waals surface area contributed by atoms with E-state index in [9.17, 15) is 65.8 Å². The topological polar surface area (TPSA) is 320 Å². The predicted molar refractivity (Wildman–Crippen MR) is 237 cm³/mol. The van der Waals surface area contributed by atoms with E-state index in [1.165, 1.54) is 13.0 Å². The maximum absolute atomic E-state index is 12.6. The number of carboxylic acids is 1. The zero-order chi connectivity index (χ0) is 48.4. The molecule has 19 atom stereocenters. The third-order valence-corrected chi connectivity index (χ3v) is 12.0. The molecule has 65 heavy (non-hydrogen) atoms. The number of carbonyl (C=O) groups excluding carboxylic acids is 1. The summed E-state index contributed by atoms with van der Waals surface area (Å²) in [4.78, 5) is 25.1. The van der Waals surface area contributed by atoms with E-state index in [4.69, 9.17) is 24.7 Å². The van der Waals surface area contributed by atoms with Gasteiger partial charge in [-0.05, 0) is 33.1 Å². The van der Waals surface area contributed by atoms with Gasteiger partial charge in [0.15, 0.2) is 12.1 Å². The van der Waals surface area contributed by atoms with Crippen molar-refractivity contribution in [3.05, 3.63) is 85.1 Å². The zero-order valence-corrected chi connectivity index (χ0v) is 37.6. The molecule has 13 N–H and O–H groups in total. The second kappa shape index (κ2) is 27.4. The van der Waals surface area contributed by atoms with E-state index >= 15 is 0 Å². The molecule has 0 aliphatic carbocycles. The Morgan fingerprint density at radius 3 is 1.82 bits per heavy atom. The fourth-order valence-corrected chi connectivity index (χ4v) is 7.97. The molecule has 3 rings (SSSR count). The maximum Gasteiger partial charge on any atom is 0.311 e. The van der Waals surface area contributed by atoms with Crippen LogP contribution in [-0.4, -0.2) is 166 Å². The number of aliphatic hydroxyl groups is 10. The first-order valence-electron chi connectivity index (χ1n) is 22.3. The summed E-state index contributed by atoms with van der Waals surface area (Å²) in [6.45, 7) is 6.74. The second-order valence-corrected chi connectivity index (χ2v) is 17.6. The Labute approximate surface area is 381 Å². The number of ether oxygens (including phenoxy) is 4. The highest BCUT2D eigenvalue weighted by atomic mass is 16.7. The summed E-state index contributed by atoms with van der Waals surface area (Å²) in [7, 11) is 0. The minimum atomic E-state index is -2.33. The number of carbonyl (C=O) groups is 2. The van der Waals surface area contributed by atoms with Gasteiger partial charge in [-0.25, -0.2) is 0 Å². The minimum Gasteiger partial charge on any atom is -0.481 e. The number of esters is 1. The molecule has 368 valence electrons. The monoisotopic (exact) mass is 923 g/mol. The molecule has 2 fully saturated rings. The fourth-order valence-electron chi connectivity index (χ4n) is 7.97. The van der Waals surface area contributed by atoms with E-state index in [-0.39, 0.29) is 31.6 Å². The number of aliphatic hydroxyl groups excluding tert-OH is 9. The first kappa shape index (κ1) is 55.9. The van der Waals surface area contributed by atoms with Crippen LogP contribution in [-0.2, 0) is 28.5 Å². The molecule has 0 aromatic heterocycles. The van der Waals surface area contributed by atoms with Crippen molar-refractivity contribution >= 4 is 11.9 Å². The third-order valence-electron chi connectivity index (χ3n) is 12.0. The van der Waals surface area contributed by atoms with E-state index < -0.39 is 147 Å². The second-order valence-electron chi connectivity index (χ2n) is 17.6. The third kappa shape index (κ3) is 18.6. The Kier molecular flexibility index (Phi) is 23.6. The number of fused-ring (bicyclic) bond motifs is 2. The van der Waals surface area contributed by atoms with Gasteiger partial charge in [0.1, 0.15) is 18.1 Å². The van der Waals surface area contributed by atoms with Crippen molar-refractivity contribution in [2.24, 2.45) is 23.5 Å². The predicted octanol–water partition coefficient (Wildman–Crippen LogP) is 0.712. The Morgan fingerprint density at radius 1 is 0.662 bits per heavy atom. The summed E-state index contributed by atoms with van der Waals surface area (Å²) in [5.41, 5.74) is 6.02. The van der Waals surface area contributed by atoms with Crippen LogP contribution >= 0.6 is 0 Å². The van der Waals surface area contributed by atoms with E-state index in [1.54, 1.807) is 80.7 Å². The lowest BCUT2D eigenvalue weighted by Crippen LogP contribution is -2.61. The Morgan fingerprint density at radius 2 is 1.23 bits per heavy atom. The largest absolute Gasteiger partial charge is 0.481 e. The normalized spacial score (nSPS) is 45.5. The molecule has 1 unspecified atom stereocenters. The number of hydrogen-bond acceptors (Lipinski definition) is 17. The van der Waals surface area contributed by atoms with Crippen LogP contribution in [0.5, 0.6) is 0 Å². The highest BCUT2D eigenvalue weighted by molar-refractivity contribution is 5.71. The van der Waals surface area contributed by atoms with Gasteiger partial charge in [0.05, 0.1) is 79.6 Å². The van der Waals surface area contributed by atoms with Gasteiger partial charge in [-0.2, -0.15) is 0 Å². The summed E-state index contributed by atoms with van der Waals surface area (Å²) in [6.07, 6.45) is 3.46. The molecule has 3 heterocycles. The molecular weight excluding hydrogens is 851 g/mol. The molecular formula is C47H73NO17. The van der Waals surface area contributed by atoms with Crippen molar-refractivity contribution in [2.45, 2.75) is 177 Å². The molecule has 0 saturated carbocycles. The lowest BCUT2D eigenvalue weighted by Gasteiger charge is -2.45. The minimum absolute atomic E-state index is 0.107. The van der Waals surface area contributed by atoms with E-state index in [2.05, 4.69) is 0 Å². The molecule has 0 aromatic carbocycles. The molecule has 2 bridgehead atoms. The van der Waals surface area contributed by atoms with Crippen LogP contribution in [0.25, 0.3) is 0 Å². The summed E-state index contributed by atoms with van der Waals surface area (Å²) in [6, 6.07) is -1.15. The van der Waals surface area contributed by atoms with Crippen LogP contribution in [0.3, 0.4) is 0 Å². The lowest BCUT2D eigenvalue weighted by atomic mass is 9.82. The molecule has 0 radical (unpaired) electrons. The summed E-state index contributed by atoms with van der Waals surface area (Å²) < 4.78 is 23.1. The standard InChI is InChI=1S/C47H73NO17/c1-27-17-15-13-11-9-7-5-6-8-10-12-14-16-18-34(64-46-44(58)41(48)43(57)30(4)63-46)24-38-40(45(59)60)37(54)26-47(61,65-38)25-33(51)22-36(53)35(52)20-19-31(49)21-32(50)23-39(55)62-29(3)28(2)42(27)56/h5-18,27-38,40-44,46,49-54,56-58,61H,19-26,48H2,1-4H3,(H,59,60)/b6-5+,9-7+,10-8+,13-11+,14-12+,17-15+,18-16+/t27-,28-,29-,30+,31+,32+,33-,34-,35+,36+,37-,38-,40+,41?,42+,43+,44-,46-,47+/m0/s1. The first-order chi connectivity index (χ1) is 30.6. The van der Waals surface area contributed by atoms with Gasteiger partial charge < -0.3 is 80.9 Å². The van der Waals surface area contributed by atoms with Gasteiger partial charge in [-0.1, -0.05) is 98.9 Å². The van der Waals surface area contributed by atoms with Crippen molar-refractivity contribution in [2.75, 3.05) is 0 Å². The number of rotatable bonds is 3. The van der Waals surface area contributed by atoms with Crippen molar-refractivity contribution < 1.29 is 84.7 Å². The smallest absolute Gasteiger partial charge is 0.311 e. The van der Waals surface area contributed by atoms with Gasteiger partial charge in [0, 0.05) is 37.5 Å². The molecule has 3 aliphatic rings. The Bertz CT molecular complexity index is 1670. The Hall–Kier alpha value is -3.44. The van der Waals surface area contributed by atoms with Gasteiger partial charge in [0.25, 0.3) is 0 Å². The molecule has 0 spiro atoms. The summed E-state index contributed by atoms with van der Waals surface area (Å²) in [5, 5.41) is 118. The zero-order valence-electron chi connectivity index (χ0n) is 37.6. The number of aliphatic carboxylic acids is 1. The van der Waals surface area contributed by atoms with Crippen LogP contribution in [0.2, 0.25) is 0 Å². The van der Waals surface area contributed by atoms with Gasteiger partial charge >= 0.3 is 11.9 Å². The van der Waals surface area contributed by atoms with Crippen LogP contribution < -0.4 is 5.73 Å². The SMILES string of the molecule is C[C@@H]1[C@H](O)[C@@H](C)/C=C/C=C/C=C/C=C/C=C/C=C/C=C/[C@H](O[C@@H]2O[C@H](C)[C@@H](O)C(N)[C@@H]2O)C[C@@H]2O[C@](O)(C[C@@H](O)C[C@@H](O)[C@H](O)CC[C@@H](O)C[C@@H](O)CC(=O)O[C@H]1C)C[C@H](O)[C@H]2C(=O)O. The number of nitrogens with two attached hydrogens (primary N) is 1. The Balaban J connectivity index is 1.86. The molecule has 18 nitrogen and oxygen atoms in total. The van der Waals surface area contributed by atoms with Crippen molar-refractivity contribution in [3.8, 4) is 0 Å². The molecule has 0 aromatic rings. The number of cyclic esters (lactones) is 1. The lowest BCUT2D eigenvalue weighted by molar-refractivity contribution is -0.308. The molecule has 2 saturated heterocycles. The van der Waals surface area contributed by atoms with Crippen LogP contribution in [0.4, 0.5) is 0 Å². The van der Waals surface area contributed by atoms with Crippen LogP contribution in [0.15, 0.2) is 85.1 Å². The average Bonchev–Trinajstić information content (AvgIpc) is 3.21. The number of carboxylic acid groups (broad SMARTS) is 1. The highest BCUT2D eigenvalue weighted by Gasteiger charge is 2.51. The average molecular weight is 924 g/mol. The fraction of sp³-hybridized carbons (Fsp3) is 0.660. The maximum atomic E-state index is 12.6. The number of hydrogen-bond donors (Lipinski definition) is 12. The number of allylic oxidation sites excluding steroid dienone is 12. The van der Waals surface area contributed by atoms with Gasteiger partial charge in [-0.15, -0.1) is 0 Å². The van der Waals surface area contributed by atoms with Gasteiger partial charge in [-0.3, -0.25) is 9.59 Å². The molecule has 18 heteroatoms. The van der Waals surface area contributed by atoms with E-state index in [0.29, 0.717) is 0 Å². The van der Waals surface area contributed by atoms with Crippen molar-refractivity contribution in [1.29, 1.82) is 0 Å². The molecule has 3 aliphatic heterocycles. The summed E-state index contributed by atoms with van der Waals surface area (Å²) >= 11 is 0. The van der Waals surface area contributed by atoms with E-state index in [1.807, 2.05) is 19.1 Å². The van der Waals surface area contributed by atoms with E-state index in [0.717, 1.165) is 0 Å². The molecule has 0 amide bonds. The van der Waals surface area contributed by atoms with Crippen LogP contribution in [0.1, 0.15) is 79.1 Å².